The number of carbonyl (C=O) groups excluding carboxylic acids is 1. The molecule has 1 fully saturated rings. The highest BCUT2D eigenvalue weighted by Crippen LogP contribution is 2.64. The van der Waals surface area contributed by atoms with Crippen molar-refractivity contribution in [3.8, 4) is 0 Å². The number of hydrogen-bond donors (Lipinski definition) is 2. The number of aromatic nitrogens is 3. The molecule has 100 valence electrons. The van der Waals surface area contributed by atoms with Crippen molar-refractivity contribution in [3.63, 3.8) is 0 Å². The van der Waals surface area contributed by atoms with Crippen LogP contribution in [0.5, 0.6) is 0 Å². The van der Waals surface area contributed by atoms with Gasteiger partial charge >= 0.3 is 5.97 Å². The molecule has 0 bridgehead atoms. The maximum atomic E-state index is 12.1. The molecule has 0 saturated heterocycles. The lowest BCUT2D eigenvalue weighted by Gasteiger charge is -2.19. The molecule has 0 radical (unpaired) electrons. The molecule has 1 aromatic heterocycles. The number of nitrogen functional groups attached to an aromatic ring is 1. The van der Waals surface area contributed by atoms with Crippen LogP contribution in [-0.2, 0) is 9.53 Å². The van der Waals surface area contributed by atoms with Gasteiger partial charge in [-0.1, -0.05) is 13.8 Å². The molecule has 1 heterocycles. The van der Waals surface area contributed by atoms with E-state index < -0.39 is 5.60 Å². The van der Waals surface area contributed by atoms with E-state index in [2.05, 4.69) is 15.2 Å². The lowest BCUT2D eigenvalue weighted by atomic mass is 10.1. The van der Waals surface area contributed by atoms with E-state index in [-0.39, 0.29) is 29.2 Å². The minimum absolute atomic E-state index is 0.00264. The predicted molar refractivity (Wildman–Crippen MR) is 66.7 cm³/mol. The molecule has 3 N–H and O–H groups in total. The average Bonchev–Trinajstić information content (AvgIpc) is 2.51. The largest absolute Gasteiger partial charge is 0.460 e. The van der Waals surface area contributed by atoms with Crippen LogP contribution in [-0.4, -0.2) is 26.8 Å². The van der Waals surface area contributed by atoms with E-state index in [1.54, 1.807) is 0 Å². The van der Waals surface area contributed by atoms with Crippen molar-refractivity contribution >= 4 is 11.9 Å². The van der Waals surface area contributed by atoms with Crippen molar-refractivity contribution < 1.29 is 9.53 Å². The van der Waals surface area contributed by atoms with E-state index in [1.165, 1.54) is 0 Å². The monoisotopic (exact) mass is 252 g/mol. The first kappa shape index (κ1) is 12.9. The molecule has 2 rings (SSSR count). The second kappa shape index (κ2) is 3.70. The van der Waals surface area contributed by atoms with Gasteiger partial charge in [0, 0.05) is 5.92 Å². The minimum atomic E-state index is -0.471. The Bertz CT molecular complexity index is 473. The first-order valence-corrected chi connectivity index (χ1v) is 6.03. The van der Waals surface area contributed by atoms with Gasteiger partial charge in [-0.2, -0.15) is 4.98 Å². The Morgan fingerprint density at radius 3 is 2.50 bits per heavy atom. The number of ether oxygens (including phenoxy) is 1. The summed E-state index contributed by atoms with van der Waals surface area (Å²) >= 11 is 0. The molecule has 0 spiro atoms. The normalized spacial score (nSPS) is 25.8. The van der Waals surface area contributed by atoms with Crippen molar-refractivity contribution in [3.05, 3.63) is 5.82 Å². The molecule has 0 unspecified atom stereocenters. The fourth-order valence-electron chi connectivity index (χ4n) is 2.38. The number of carbonyl (C=O) groups is 1. The molecule has 6 nitrogen and oxygen atoms in total. The lowest BCUT2D eigenvalue weighted by Crippen LogP contribution is -2.26. The van der Waals surface area contributed by atoms with Crippen LogP contribution < -0.4 is 5.73 Å². The standard InChI is InChI=1S/C12H20N4O2/c1-11(2,3)18-9(17)7-6(12(7,4)5)8-14-10(13)16-15-8/h6-7H,1-5H3,(H3,13,14,15,16)/t6-,7+/m1/s1. The Morgan fingerprint density at radius 1 is 1.44 bits per heavy atom. The average molecular weight is 252 g/mol. The first-order chi connectivity index (χ1) is 8.13. The van der Waals surface area contributed by atoms with E-state index in [0.717, 1.165) is 0 Å². The summed E-state index contributed by atoms with van der Waals surface area (Å²) in [5.41, 5.74) is 4.84. The Balaban J connectivity index is 2.14. The van der Waals surface area contributed by atoms with Gasteiger partial charge in [0.2, 0.25) is 5.95 Å². The smallest absolute Gasteiger partial charge is 0.310 e. The zero-order chi connectivity index (χ0) is 13.7. The molecule has 1 aliphatic carbocycles. The number of H-pyrrole nitrogens is 1. The molecular formula is C12H20N4O2. The van der Waals surface area contributed by atoms with Crippen LogP contribution >= 0.6 is 0 Å². The van der Waals surface area contributed by atoms with Crippen LogP contribution in [0.25, 0.3) is 0 Å². The van der Waals surface area contributed by atoms with E-state index in [0.29, 0.717) is 5.82 Å². The summed E-state index contributed by atoms with van der Waals surface area (Å²) in [6.45, 7) is 9.63. The molecule has 1 saturated carbocycles. The highest BCUT2D eigenvalue weighted by molar-refractivity contribution is 5.79. The van der Waals surface area contributed by atoms with Crippen molar-refractivity contribution in [2.45, 2.75) is 46.1 Å². The Kier molecular flexibility index (Phi) is 2.64. The van der Waals surface area contributed by atoms with Crippen molar-refractivity contribution in [2.75, 3.05) is 5.73 Å². The van der Waals surface area contributed by atoms with Gasteiger partial charge in [0.15, 0.2) is 0 Å². The van der Waals surface area contributed by atoms with Gasteiger partial charge in [0.05, 0.1) is 5.92 Å². The Hall–Kier alpha value is -1.59. The van der Waals surface area contributed by atoms with Gasteiger partial charge in [-0.25, -0.2) is 0 Å². The molecule has 1 aliphatic rings. The topological polar surface area (TPSA) is 93.9 Å². The second-order valence-electron chi connectivity index (χ2n) is 6.39. The van der Waals surface area contributed by atoms with E-state index in [9.17, 15) is 4.79 Å². The maximum Gasteiger partial charge on any atom is 0.310 e. The zero-order valence-electron chi connectivity index (χ0n) is 11.4. The summed E-state index contributed by atoms with van der Waals surface area (Å²) in [6.07, 6.45) is 0. The van der Waals surface area contributed by atoms with Crippen LogP contribution in [0.4, 0.5) is 5.95 Å². The number of hydrogen-bond acceptors (Lipinski definition) is 5. The fourth-order valence-corrected chi connectivity index (χ4v) is 2.38. The van der Waals surface area contributed by atoms with Crippen molar-refractivity contribution in [1.82, 2.24) is 15.2 Å². The number of nitrogens with zero attached hydrogens (tertiary/aromatic N) is 2. The zero-order valence-corrected chi connectivity index (χ0v) is 11.4. The van der Waals surface area contributed by atoms with E-state index in [4.69, 9.17) is 10.5 Å². The molecule has 6 heteroatoms. The molecule has 2 atom stereocenters. The number of aromatic amines is 1. The second-order valence-corrected chi connectivity index (χ2v) is 6.39. The van der Waals surface area contributed by atoms with Crippen molar-refractivity contribution in [1.29, 1.82) is 0 Å². The van der Waals surface area contributed by atoms with Gasteiger partial charge in [-0.15, -0.1) is 5.10 Å². The molecule has 0 amide bonds. The van der Waals surface area contributed by atoms with Crippen LogP contribution in [0, 0.1) is 11.3 Å². The van der Waals surface area contributed by atoms with E-state index >= 15 is 0 Å². The fraction of sp³-hybridized carbons (Fsp3) is 0.750. The summed E-state index contributed by atoms with van der Waals surface area (Å²) in [5.74, 6) is 0.484. The number of nitrogens with two attached hydrogens (primary N) is 1. The van der Waals surface area contributed by atoms with Gasteiger partial charge in [0.25, 0.3) is 0 Å². The Labute approximate surface area is 106 Å². The van der Waals surface area contributed by atoms with E-state index in [1.807, 2.05) is 34.6 Å². The number of rotatable bonds is 2. The summed E-state index contributed by atoms with van der Waals surface area (Å²) in [5, 5.41) is 6.58. The third kappa shape index (κ3) is 2.19. The van der Waals surface area contributed by atoms with Crippen LogP contribution in [0.15, 0.2) is 0 Å². The molecule has 18 heavy (non-hydrogen) atoms. The highest BCUT2D eigenvalue weighted by Gasteiger charge is 2.65. The molecule has 0 aromatic carbocycles. The predicted octanol–water partition coefficient (Wildman–Crippen LogP) is 1.47. The summed E-state index contributed by atoms with van der Waals surface area (Å²) < 4.78 is 5.42. The quantitative estimate of drug-likeness (QED) is 0.777. The summed E-state index contributed by atoms with van der Waals surface area (Å²) in [6, 6.07) is 0. The third-order valence-corrected chi connectivity index (χ3v) is 3.30. The SMILES string of the molecule is CC(C)(C)OC(=O)[C@@H]1[C@H](c2nc(N)n[nH]2)C1(C)C. The summed E-state index contributed by atoms with van der Waals surface area (Å²) in [4.78, 5) is 16.2. The van der Waals surface area contributed by atoms with Gasteiger partial charge in [0.1, 0.15) is 11.4 Å². The molecule has 1 aromatic rings. The van der Waals surface area contributed by atoms with Crippen LogP contribution in [0.1, 0.15) is 46.4 Å². The van der Waals surface area contributed by atoms with Crippen LogP contribution in [0.2, 0.25) is 0 Å². The Morgan fingerprint density at radius 2 is 2.06 bits per heavy atom. The number of esters is 1. The first-order valence-electron chi connectivity index (χ1n) is 6.03. The van der Waals surface area contributed by atoms with Crippen molar-refractivity contribution in [2.24, 2.45) is 11.3 Å². The van der Waals surface area contributed by atoms with Gasteiger partial charge in [-0.3, -0.25) is 9.89 Å². The molecule has 0 aliphatic heterocycles. The third-order valence-electron chi connectivity index (χ3n) is 3.30. The maximum absolute atomic E-state index is 12.1. The number of nitrogens with one attached hydrogen (secondary N) is 1. The summed E-state index contributed by atoms with van der Waals surface area (Å²) in [7, 11) is 0. The molecular weight excluding hydrogens is 232 g/mol. The number of anilines is 1. The minimum Gasteiger partial charge on any atom is -0.460 e. The van der Waals surface area contributed by atoms with Gasteiger partial charge < -0.3 is 10.5 Å². The van der Waals surface area contributed by atoms with Crippen LogP contribution in [0.3, 0.4) is 0 Å². The lowest BCUT2D eigenvalue weighted by molar-refractivity contribution is -0.157. The van der Waals surface area contributed by atoms with Gasteiger partial charge in [-0.05, 0) is 26.2 Å². The highest BCUT2D eigenvalue weighted by atomic mass is 16.6.